The van der Waals surface area contributed by atoms with Crippen LogP contribution in [0.1, 0.15) is 17.8 Å². The lowest BCUT2D eigenvalue weighted by Gasteiger charge is -2.07. The zero-order valence-electron chi connectivity index (χ0n) is 8.71. The lowest BCUT2D eigenvalue weighted by atomic mass is 10.4. The molecular formula is C8H11F3N2O2S. The van der Waals surface area contributed by atoms with Crippen molar-refractivity contribution in [2.45, 2.75) is 37.9 Å². The van der Waals surface area contributed by atoms with Gasteiger partial charge in [-0.3, -0.25) is 4.68 Å². The predicted octanol–water partition coefficient (Wildman–Crippen LogP) is 2.03. The van der Waals surface area contributed by atoms with Gasteiger partial charge in [-0.2, -0.15) is 18.3 Å². The SMILES string of the molecule is Cc1nn(CCC(F)(F)F)c(C)c1S(=O)O. The van der Waals surface area contributed by atoms with Crippen molar-refractivity contribution in [3.05, 3.63) is 11.4 Å². The van der Waals surface area contributed by atoms with Crippen molar-refractivity contribution in [3.8, 4) is 0 Å². The summed E-state index contributed by atoms with van der Waals surface area (Å²) in [5.74, 6) is 0. The molecule has 0 saturated heterocycles. The van der Waals surface area contributed by atoms with E-state index < -0.39 is 23.7 Å². The molecule has 1 unspecified atom stereocenters. The van der Waals surface area contributed by atoms with E-state index in [0.717, 1.165) is 4.68 Å². The molecule has 0 bridgehead atoms. The van der Waals surface area contributed by atoms with Crippen molar-refractivity contribution in [1.82, 2.24) is 9.78 Å². The van der Waals surface area contributed by atoms with E-state index in [9.17, 15) is 17.4 Å². The number of hydrogen-bond donors (Lipinski definition) is 1. The summed E-state index contributed by atoms with van der Waals surface area (Å²) in [6, 6.07) is 0. The Labute approximate surface area is 92.7 Å². The fourth-order valence-corrected chi connectivity index (χ4v) is 2.04. The summed E-state index contributed by atoms with van der Waals surface area (Å²) in [6.07, 6.45) is -5.27. The largest absolute Gasteiger partial charge is 0.390 e. The average molecular weight is 256 g/mol. The lowest BCUT2D eigenvalue weighted by Crippen LogP contribution is -2.14. The molecule has 4 nitrogen and oxygen atoms in total. The first kappa shape index (κ1) is 13.2. The Hall–Kier alpha value is -0.890. The molecule has 1 heterocycles. The third kappa shape index (κ3) is 3.05. The molecule has 0 amide bonds. The van der Waals surface area contributed by atoms with Gasteiger partial charge in [-0.25, -0.2) is 4.21 Å². The minimum Gasteiger partial charge on any atom is -0.302 e. The van der Waals surface area contributed by atoms with E-state index in [1.165, 1.54) is 13.8 Å². The summed E-state index contributed by atoms with van der Waals surface area (Å²) >= 11 is -2.22. The Kier molecular flexibility index (Phi) is 3.74. The Morgan fingerprint density at radius 2 is 2.00 bits per heavy atom. The first-order valence-corrected chi connectivity index (χ1v) is 5.54. The molecule has 0 saturated carbocycles. The third-order valence-electron chi connectivity index (χ3n) is 2.10. The summed E-state index contributed by atoms with van der Waals surface area (Å²) in [6.45, 7) is 2.62. The quantitative estimate of drug-likeness (QED) is 0.842. The molecule has 8 heteroatoms. The minimum absolute atomic E-state index is 0.0853. The van der Waals surface area contributed by atoms with Gasteiger partial charge in [-0.05, 0) is 13.8 Å². The molecule has 16 heavy (non-hydrogen) atoms. The Morgan fingerprint density at radius 1 is 1.44 bits per heavy atom. The predicted molar refractivity (Wildman–Crippen MR) is 51.4 cm³/mol. The van der Waals surface area contributed by atoms with Gasteiger partial charge >= 0.3 is 6.18 Å². The molecule has 0 radical (unpaired) electrons. The van der Waals surface area contributed by atoms with Crippen LogP contribution in [-0.4, -0.2) is 24.7 Å². The number of halogens is 3. The van der Waals surface area contributed by atoms with Gasteiger partial charge in [0.25, 0.3) is 0 Å². The van der Waals surface area contributed by atoms with Crippen LogP contribution in [0.25, 0.3) is 0 Å². The highest BCUT2D eigenvalue weighted by atomic mass is 32.2. The van der Waals surface area contributed by atoms with Crippen molar-refractivity contribution in [3.63, 3.8) is 0 Å². The molecule has 1 atom stereocenters. The molecule has 92 valence electrons. The highest BCUT2D eigenvalue weighted by Gasteiger charge is 2.27. The second kappa shape index (κ2) is 4.54. The highest BCUT2D eigenvalue weighted by Crippen LogP contribution is 2.22. The summed E-state index contributed by atoms with van der Waals surface area (Å²) < 4.78 is 56.9. The van der Waals surface area contributed by atoms with Crippen LogP contribution in [-0.2, 0) is 17.6 Å². The maximum absolute atomic E-state index is 12.0. The van der Waals surface area contributed by atoms with Gasteiger partial charge in [0.05, 0.1) is 17.8 Å². The fraction of sp³-hybridized carbons (Fsp3) is 0.625. The molecule has 0 spiro atoms. The van der Waals surface area contributed by atoms with Crippen LogP contribution in [0.3, 0.4) is 0 Å². The normalized spacial score (nSPS) is 14.1. The van der Waals surface area contributed by atoms with Gasteiger partial charge < -0.3 is 4.55 Å². The number of nitrogens with zero attached hydrogens (tertiary/aromatic N) is 2. The van der Waals surface area contributed by atoms with Crippen molar-refractivity contribution in [2.75, 3.05) is 0 Å². The summed E-state index contributed by atoms with van der Waals surface area (Å²) in [5, 5.41) is 3.80. The molecule has 1 aromatic heterocycles. The van der Waals surface area contributed by atoms with E-state index in [2.05, 4.69) is 5.10 Å². The zero-order valence-corrected chi connectivity index (χ0v) is 9.52. The first-order chi connectivity index (χ1) is 7.22. The van der Waals surface area contributed by atoms with Crippen LogP contribution in [0, 0.1) is 13.8 Å². The molecule has 0 aliphatic carbocycles. The topological polar surface area (TPSA) is 55.1 Å². The lowest BCUT2D eigenvalue weighted by molar-refractivity contribution is -0.137. The van der Waals surface area contributed by atoms with Crippen LogP contribution in [0.5, 0.6) is 0 Å². The third-order valence-corrected chi connectivity index (χ3v) is 3.04. The van der Waals surface area contributed by atoms with Gasteiger partial charge in [0.15, 0.2) is 11.1 Å². The Balaban J connectivity index is 2.91. The van der Waals surface area contributed by atoms with Crippen LogP contribution < -0.4 is 0 Å². The Bertz CT molecular complexity index is 414. The average Bonchev–Trinajstić information content (AvgIpc) is 2.36. The van der Waals surface area contributed by atoms with E-state index in [1.54, 1.807) is 0 Å². The number of hydrogen-bond acceptors (Lipinski definition) is 2. The highest BCUT2D eigenvalue weighted by molar-refractivity contribution is 7.79. The molecule has 0 aliphatic heterocycles. The number of rotatable bonds is 3. The van der Waals surface area contributed by atoms with Crippen molar-refractivity contribution in [2.24, 2.45) is 0 Å². The summed E-state index contributed by atoms with van der Waals surface area (Å²) in [4.78, 5) is 0.0853. The molecule has 1 aromatic rings. The Morgan fingerprint density at radius 3 is 2.38 bits per heavy atom. The van der Waals surface area contributed by atoms with E-state index in [-0.39, 0.29) is 17.1 Å². The standard InChI is InChI=1S/C8H11F3N2O2S/c1-5-7(16(14)15)6(2)13(12-5)4-3-8(9,10)11/h3-4H2,1-2H3,(H,14,15). The van der Waals surface area contributed by atoms with E-state index in [1.807, 2.05) is 0 Å². The van der Waals surface area contributed by atoms with E-state index in [4.69, 9.17) is 4.55 Å². The van der Waals surface area contributed by atoms with Crippen molar-refractivity contribution >= 4 is 11.1 Å². The van der Waals surface area contributed by atoms with E-state index >= 15 is 0 Å². The smallest absolute Gasteiger partial charge is 0.302 e. The summed E-state index contributed by atoms with van der Waals surface area (Å²) in [5.41, 5.74) is 0.572. The molecule has 0 fully saturated rings. The minimum atomic E-state index is -4.26. The number of alkyl halides is 3. The van der Waals surface area contributed by atoms with Gasteiger partial charge in [-0.15, -0.1) is 0 Å². The van der Waals surface area contributed by atoms with E-state index in [0.29, 0.717) is 5.69 Å². The molecule has 0 aliphatic rings. The first-order valence-electron chi connectivity index (χ1n) is 4.44. The second-order valence-electron chi connectivity index (χ2n) is 3.34. The van der Waals surface area contributed by atoms with Gasteiger partial charge in [-0.1, -0.05) is 0 Å². The number of aromatic nitrogens is 2. The molecular weight excluding hydrogens is 245 g/mol. The second-order valence-corrected chi connectivity index (χ2v) is 4.24. The van der Waals surface area contributed by atoms with Crippen molar-refractivity contribution in [1.29, 1.82) is 0 Å². The van der Waals surface area contributed by atoms with Gasteiger partial charge in [0, 0.05) is 6.54 Å². The van der Waals surface area contributed by atoms with Gasteiger partial charge in [0.1, 0.15) is 4.90 Å². The monoisotopic (exact) mass is 256 g/mol. The van der Waals surface area contributed by atoms with Crippen LogP contribution in [0.2, 0.25) is 0 Å². The molecule has 0 aromatic carbocycles. The van der Waals surface area contributed by atoms with Crippen molar-refractivity contribution < 1.29 is 21.9 Å². The summed E-state index contributed by atoms with van der Waals surface area (Å²) in [7, 11) is 0. The zero-order chi connectivity index (χ0) is 12.5. The van der Waals surface area contributed by atoms with Crippen LogP contribution in [0.15, 0.2) is 4.90 Å². The maximum Gasteiger partial charge on any atom is 0.390 e. The number of aryl methyl sites for hydroxylation is 2. The fourth-order valence-electron chi connectivity index (χ4n) is 1.38. The molecule has 1 rings (SSSR count). The van der Waals surface area contributed by atoms with Gasteiger partial charge in [0.2, 0.25) is 0 Å². The molecule has 1 N–H and O–H groups in total. The van der Waals surface area contributed by atoms with Crippen LogP contribution >= 0.6 is 0 Å². The van der Waals surface area contributed by atoms with Crippen LogP contribution in [0.4, 0.5) is 13.2 Å². The maximum atomic E-state index is 12.0.